The Morgan fingerprint density at radius 2 is 2.00 bits per heavy atom. The first-order chi connectivity index (χ1) is 7.79. The number of hydrogen-bond donors (Lipinski definition) is 1. The van der Waals surface area contributed by atoms with Crippen molar-refractivity contribution in [3.8, 4) is 0 Å². The Balaban J connectivity index is 2.12. The first-order valence-electron chi connectivity index (χ1n) is 5.30. The number of nitrogens with zero attached hydrogens (tertiary/aromatic N) is 1. The van der Waals surface area contributed by atoms with Crippen molar-refractivity contribution in [3.63, 3.8) is 0 Å². The standard InChI is InChI=1S/C12H13ClN2O/c13-8-7-9-1-3-10(4-2-9)11-5-6-12(16)15-14-11/h1-4H,5-8H2,(H,15,16). The van der Waals surface area contributed by atoms with Gasteiger partial charge in [-0.15, -0.1) is 11.6 Å². The normalized spacial score (nSPS) is 15.6. The summed E-state index contributed by atoms with van der Waals surface area (Å²) >= 11 is 5.67. The lowest BCUT2D eigenvalue weighted by molar-refractivity contribution is -0.121. The zero-order valence-corrected chi connectivity index (χ0v) is 9.63. The lowest BCUT2D eigenvalue weighted by atomic mass is 10.0. The van der Waals surface area contributed by atoms with Crippen molar-refractivity contribution in [2.24, 2.45) is 5.10 Å². The Morgan fingerprint density at radius 3 is 2.56 bits per heavy atom. The number of rotatable bonds is 3. The molecule has 1 heterocycles. The lowest BCUT2D eigenvalue weighted by Crippen LogP contribution is -2.25. The molecule has 0 unspecified atom stereocenters. The van der Waals surface area contributed by atoms with E-state index in [4.69, 9.17) is 11.6 Å². The molecule has 1 aliphatic rings. The molecule has 84 valence electrons. The number of carbonyl (C=O) groups excluding carboxylic acids is 1. The number of nitrogens with one attached hydrogen (secondary N) is 1. The summed E-state index contributed by atoms with van der Waals surface area (Å²) in [4.78, 5) is 10.9. The van der Waals surface area contributed by atoms with Crippen molar-refractivity contribution < 1.29 is 4.79 Å². The van der Waals surface area contributed by atoms with E-state index in [1.165, 1.54) is 5.56 Å². The number of hydrogen-bond acceptors (Lipinski definition) is 2. The highest BCUT2D eigenvalue weighted by Gasteiger charge is 2.12. The maximum atomic E-state index is 10.9. The summed E-state index contributed by atoms with van der Waals surface area (Å²) in [6.07, 6.45) is 2.11. The Bertz CT molecular complexity index is 412. The predicted octanol–water partition coefficient (Wildman–Crippen LogP) is 2.08. The molecule has 1 aromatic carbocycles. The second kappa shape index (κ2) is 5.12. The third kappa shape index (κ3) is 2.61. The van der Waals surface area contributed by atoms with Crippen LogP contribution in [-0.2, 0) is 11.2 Å². The van der Waals surface area contributed by atoms with Gasteiger partial charge in [-0.2, -0.15) is 5.10 Å². The van der Waals surface area contributed by atoms with Crippen LogP contribution in [0.5, 0.6) is 0 Å². The van der Waals surface area contributed by atoms with Gasteiger partial charge in [0.05, 0.1) is 5.71 Å². The van der Waals surface area contributed by atoms with Gasteiger partial charge < -0.3 is 0 Å². The van der Waals surface area contributed by atoms with Crippen molar-refractivity contribution in [1.29, 1.82) is 0 Å². The second-order valence-electron chi connectivity index (χ2n) is 3.73. The fourth-order valence-electron chi connectivity index (χ4n) is 1.66. The highest BCUT2D eigenvalue weighted by atomic mass is 35.5. The molecule has 0 radical (unpaired) electrons. The van der Waals surface area contributed by atoms with Crippen molar-refractivity contribution >= 4 is 23.2 Å². The molecule has 3 nitrogen and oxygen atoms in total. The molecule has 1 aliphatic heterocycles. The summed E-state index contributed by atoms with van der Waals surface area (Å²) < 4.78 is 0. The van der Waals surface area contributed by atoms with Crippen LogP contribution in [0.4, 0.5) is 0 Å². The van der Waals surface area contributed by atoms with E-state index in [9.17, 15) is 4.79 Å². The van der Waals surface area contributed by atoms with Gasteiger partial charge in [0.25, 0.3) is 0 Å². The van der Waals surface area contributed by atoms with E-state index in [2.05, 4.69) is 22.7 Å². The predicted molar refractivity (Wildman–Crippen MR) is 64.8 cm³/mol. The second-order valence-corrected chi connectivity index (χ2v) is 4.11. The molecule has 4 heteroatoms. The molecule has 0 aromatic heterocycles. The monoisotopic (exact) mass is 236 g/mol. The van der Waals surface area contributed by atoms with Crippen LogP contribution in [0.15, 0.2) is 29.4 Å². The smallest absolute Gasteiger partial charge is 0.240 e. The first kappa shape index (κ1) is 11.1. The number of benzene rings is 1. The van der Waals surface area contributed by atoms with Gasteiger partial charge in [0.1, 0.15) is 0 Å². The average Bonchev–Trinajstić information content (AvgIpc) is 2.32. The van der Waals surface area contributed by atoms with E-state index < -0.39 is 0 Å². The minimum atomic E-state index is -0.0116. The van der Waals surface area contributed by atoms with Gasteiger partial charge in [-0.3, -0.25) is 4.79 Å². The van der Waals surface area contributed by atoms with E-state index in [1.54, 1.807) is 0 Å². The molecular formula is C12H13ClN2O. The summed E-state index contributed by atoms with van der Waals surface area (Å²) in [6.45, 7) is 0. The fraction of sp³-hybridized carbons (Fsp3) is 0.333. The molecule has 0 aliphatic carbocycles. The molecule has 1 amide bonds. The highest BCUT2D eigenvalue weighted by molar-refractivity contribution is 6.18. The summed E-state index contributed by atoms with van der Waals surface area (Å²) in [6, 6.07) is 8.16. The summed E-state index contributed by atoms with van der Waals surface area (Å²) in [5, 5.41) is 4.05. The van der Waals surface area contributed by atoms with E-state index in [-0.39, 0.29) is 5.91 Å². The number of aryl methyl sites for hydroxylation is 1. The lowest BCUT2D eigenvalue weighted by Gasteiger charge is -2.12. The van der Waals surface area contributed by atoms with E-state index in [0.29, 0.717) is 18.7 Å². The fourth-order valence-corrected chi connectivity index (χ4v) is 1.87. The molecule has 0 bridgehead atoms. The third-order valence-corrected chi connectivity index (χ3v) is 2.76. The van der Waals surface area contributed by atoms with Gasteiger partial charge in [-0.05, 0) is 17.5 Å². The van der Waals surface area contributed by atoms with Gasteiger partial charge in [0.15, 0.2) is 0 Å². The van der Waals surface area contributed by atoms with Crippen molar-refractivity contribution in [1.82, 2.24) is 5.43 Å². The zero-order valence-electron chi connectivity index (χ0n) is 8.87. The molecular weight excluding hydrogens is 224 g/mol. The summed E-state index contributed by atoms with van der Waals surface area (Å²) in [7, 11) is 0. The third-order valence-electron chi connectivity index (χ3n) is 2.57. The molecule has 0 saturated carbocycles. The summed E-state index contributed by atoms with van der Waals surface area (Å²) in [5.74, 6) is 0.624. The van der Waals surface area contributed by atoms with Gasteiger partial charge in [0, 0.05) is 18.7 Å². The Morgan fingerprint density at radius 1 is 1.25 bits per heavy atom. The van der Waals surface area contributed by atoms with Gasteiger partial charge in [-0.1, -0.05) is 24.3 Å². The van der Waals surface area contributed by atoms with E-state index >= 15 is 0 Å². The van der Waals surface area contributed by atoms with Gasteiger partial charge in [0.2, 0.25) is 5.91 Å². The highest BCUT2D eigenvalue weighted by Crippen LogP contribution is 2.12. The molecule has 2 rings (SSSR count). The summed E-state index contributed by atoms with van der Waals surface area (Å²) in [5.41, 5.74) is 5.73. The van der Waals surface area contributed by atoms with Crippen LogP contribution in [0.3, 0.4) is 0 Å². The minimum Gasteiger partial charge on any atom is -0.273 e. The number of amides is 1. The molecule has 0 saturated heterocycles. The topological polar surface area (TPSA) is 41.5 Å². The quantitative estimate of drug-likeness (QED) is 0.803. The molecule has 1 aromatic rings. The van der Waals surface area contributed by atoms with Crippen LogP contribution in [-0.4, -0.2) is 17.5 Å². The first-order valence-corrected chi connectivity index (χ1v) is 5.84. The Hall–Kier alpha value is -1.35. The zero-order chi connectivity index (χ0) is 11.4. The maximum absolute atomic E-state index is 10.9. The van der Waals surface area contributed by atoms with Gasteiger partial charge >= 0.3 is 0 Å². The minimum absolute atomic E-state index is 0.0116. The van der Waals surface area contributed by atoms with Crippen LogP contribution in [0.25, 0.3) is 0 Å². The molecule has 0 spiro atoms. The van der Waals surface area contributed by atoms with E-state index in [0.717, 1.165) is 17.7 Å². The van der Waals surface area contributed by atoms with Gasteiger partial charge in [-0.25, -0.2) is 5.43 Å². The van der Waals surface area contributed by atoms with E-state index in [1.807, 2.05) is 12.1 Å². The van der Waals surface area contributed by atoms with Crippen molar-refractivity contribution in [2.75, 3.05) is 5.88 Å². The van der Waals surface area contributed by atoms with Crippen LogP contribution < -0.4 is 5.43 Å². The SMILES string of the molecule is O=C1CCC(c2ccc(CCCl)cc2)=NN1. The molecule has 0 fully saturated rings. The Kier molecular flexibility index (Phi) is 3.57. The number of hydrazone groups is 1. The van der Waals surface area contributed by atoms with Crippen molar-refractivity contribution in [2.45, 2.75) is 19.3 Å². The molecule has 0 atom stereocenters. The molecule has 1 N–H and O–H groups in total. The average molecular weight is 237 g/mol. The van der Waals surface area contributed by atoms with Crippen LogP contribution in [0, 0.1) is 0 Å². The maximum Gasteiger partial charge on any atom is 0.240 e. The number of halogens is 1. The van der Waals surface area contributed by atoms with Crippen LogP contribution in [0.1, 0.15) is 24.0 Å². The Labute approximate surface area is 99.5 Å². The number of alkyl halides is 1. The van der Waals surface area contributed by atoms with Crippen LogP contribution in [0.2, 0.25) is 0 Å². The number of carbonyl (C=O) groups is 1. The molecule has 16 heavy (non-hydrogen) atoms. The van der Waals surface area contributed by atoms with Crippen molar-refractivity contribution in [3.05, 3.63) is 35.4 Å². The van der Waals surface area contributed by atoms with Crippen LogP contribution >= 0.6 is 11.6 Å². The largest absolute Gasteiger partial charge is 0.273 e.